The van der Waals surface area contributed by atoms with Gasteiger partial charge in [0.2, 0.25) is 0 Å². The number of aromatic nitrogens is 2. The Morgan fingerprint density at radius 3 is 3.00 bits per heavy atom. The van der Waals surface area contributed by atoms with Crippen LogP contribution in [0.4, 0.5) is 5.82 Å². The van der Waals surface area contributed by atoms with Gasteiger partial charge in [-0.15, -0.1) is 0 Å². The molecule has 1 aromatic heterocycles. The van der Waals surface area contributed by atoms with E-state index in [9.17, 15) is 0 Å². The van der Waals surface area contributed by atoms with Crippen LogP contribution in [0.3, 0.4) is 0 Å². The fraction of sp³-hybridized carbons (Fsp3) is 0.500. The monoisotopic (exact) mass is 124 g/mol. The molecule has 0 atom stereocenters. The van der Waals surface area contributed by atoms with Crippen molar-refractivity contribution in [2.24, 2.45) is 0 Å². The molecule has 1 heterocycles. The van der Waals surface area contributed by atoms with Gasteiger partial charge in [0.15, 0.2) is 5.82 Å². The summed E-state index contributed by atoms with van der Waals surface area (Å²) in [5.74, 6) is 0.831. The third kappa shape index (κ3) is 1.22. The first-order chi connectivity index (χ1) is 4.34. The topological polar surface area (TPSA) is 42.8 Å². The lowest BCUT2D eigenvalue weighted by Crippen LogP contribution is -1.96. The number of hydrogen-bond acceptors (Lipinski definition) is 1. The summed E-state index contributed by atoms with van der Waals surface area (Å²) >= 11 is 0. The molecule has 0 spiro atoms. The minimum Gasteiger partial charge on any atom is -0.283 e. The first-order valence-electron chi connectivity index (χ1n) is 3.02. The fourth-order valence-electron chi connectivity index (χ4n) is 0.653. The summed E-state index contributed by atoms with van der Waals surface area (Å²) in [6.45, 7) is 4.78. The van der Waals surface area contributed by atoms with Crippen LogP contribution in [0.15, 0.2) is 6.20 Å². The molecule has 0 bridgehead atoms. The third-order valence-electron chi connectivity index (χ3n) is 1.11. The summed E-state index contributed by atoms with van der Waals surface area (Å²) in [7, 11) is 0. The van der Waals surface area contributed by atoms with Crippen LogP contribution < -0.4 is 5.32 Å². The first-order valence-corrected chi connectivity index (χ1v) is 3.02. The van der Waals surface area contributed by atoms with Crippen LogP contribution in [-0.4, -0.2) is 16.7 Å². The highest BCUT2D eigenvalue weighted by Crippen LogP contribution is 2.06. The molecule has 0 aliphatic rings. The zero-order chi connectivity index (χ0) is 6.69. The molecule has 0 unspecified atom stereocenters. The predicted octanol–water partition coefficient (Wildman–Crippen LogP) is 0.974. The summed E-state index contributed by atoms with van der Waals surface area (Å²) in [6.07, 6.45) is 1.84. The Kier molecular flexibility index (Phi) is 1.72. The van der Waals surface area contributed by atoms with Crippen LogP contribution in [-0.2, 0) is 0 Å². The minimum atomic E-state index is 0.797. The summed E-state index contributed by atoms with van der Waals surface area (Å²) in [6, 6.07) is 0. The van der Waals surface area contributed by atoms with Gasteiger partial charge in [-0.1, -0.05) is 0 Å². The number of hydrogen-bond donors (Lipinski definition) is 1. The van der Waals surface area contributed by atoms with Gasteiger partial charge in [-0.25, -0.2) is 0 Å². The van der Waals surface area contributed by atoms with Gasteiger partial charge in [0.25, 0.3) is 0 Å². The van der Waals surface area contributed by atoms with Gasteiger partial charge in [0, 0.05) is 18.3 Å². The van der Waals surface area contributed by atoms with Crippen LogP contribution in [0.5, 0.6) is 0 Å². The number of nitrogens with one attached hydrogen (secondary N) is 1. The van der Waals surface area contributed by atoms with Crippen molar-refractivity contribution >= 4 is 5.82 Å². The number of H-pyrrole nitrogens is 1. The number of rotatable bonds is 2. The van der Waals surface area contributed by atoms with Gasteiger partial charge in [-0.2, -0.15) is 5.10 Å². The van der Waals surface area contributed by atoms with Crippen molar-refractivity contribution in [3.8, 4) is 0 Å². The van der Waals surface area contributed by atoms with Crippen LogP contribution in [0, 0.1) is 6.92 Å². The molecule has 1 rings (SSSR count). The van der Waals surface area contributed by atoms with E-state index in [0.717, 1.165) is 17.9 Å². The first kappa shape index (κ1) is 6.13. The molecule has 3 nitrogen and oxygen atoms in total. The minimum absolute atomic E-state index is 0.797. The SMILES string of the molecule is CC[N]c1n[nH]cc1C. The highest BCUT2D eigenvalue weighted by molar-refractivity contribution is 5.33. The van der Waals surface area contributed by atoms with E-state index in [1.807, 2.05) is 20.0 Å². The van der Waals surface area contributed by atoms with Gasteiger partial charge in [0.05, 0.1) is 0 Å². The summed E-state index contributed by atoms with van der Waals surface area (Å²) in [5.41, 5.74) is 1.11. The molecule has 9 heavy (non-hydrogen) atoms. The van der Waals surface area contributed by atoms with E-state index in [4.69, 9.17) is 0 Å². The second kappa shape index (κ2) is 2.53. The Hall–Kier alpha value is -0.990. The standard InChI is InChI=1S/C6H10N3/c1-3-7-6-5(2)4-8-9-6/h4H,3H2,1-2H3,(H,8,9). The molecule has 1 aromatic rings. The van der Waals surface area contributed by atoms with Gasteiger partial charge < -0.3 is 0 Å². The van der Waals surface area contributed by atoms with E-state index >= 15 is 0 Å². The maximum Gasteiger partial charge on any atom is 0.171 e. The maximum atomic E-state index is 4.12. The Morgan fingerprint density at radius 1 is 1.78 bits per heavy atom. The fourth-order valence-corrected chi connectivity index (χ4v) is 0.653. The van der Waals surface area contributed by atoms with Crippen molar-refractivity contribution in [3.63, 3.8) is 0 Å². The number of nitrogens with zero attached hydrogens (tertiary/aromatic N) is 2. The zero-order valence-electron chi connectivity index (χ0n) is 5.68. The van der Waals surface area contributed by atoms with Crippen LogP contribution in [0.2, 0.25) is 0 Å². The van der Waals surface area contributed by atoms with Crippen molar-refractivity contribution in [1.29, 1.82) is 0 Å². The number of aryl methyl sites for hydroxylation is 1. The van der Waals surface area contributed by atoms with E-state index in [1.165, 1.54) is 0 Å². The van der Waals surface area contributed by atoms with Crippen molar-refractivity contribution in [1.82, 2.24) is 15.5 Å². The quantitative estimate of drug-likeness (QED) is 0.627. The average molecular weight is 124 g/mol. The number of aromatic amines is 1. The van der Waals surface area contributed by atoms with Gasteiger partial charge in [0.1, 0.15) is 0 Å². The average Bonchev–Trinajstić information content (AvgIpc) is 2.18. The smallest absolute Gasteiger partial charge is 0.171 e. The Balaban J connectivity index is 2.69. The van der Waals surface area contributed by atoms with Crippen LogP contribution in [0.1, 0.15) is 12.5 Å². The summed E-state index contributed by atoms with van der Waals surface area (Å²) < 4.78 is 0. The van der Waals surface area contributed by atoms with E-state index in [2.05, 4.69) is 15.5 Å². The summed E-state index contributed by atoms with van der Waals surface area (Å²) in [5, 5.41) is 10.8. The maximum absolute atomic E-state index is 4.12. The molecule has 3 heteroatoms. The van der Waals surface area contributed by atoms with E-state index in [0.29, 0.717) is 0 Å². The molecule has 1 radical (unpaired) electrons. The van der Waals surface area contributed by atoms with Crippen LogP contribution >= 0.6 is 0 Å². The van der Waals surface area contributed by atoms with Crippen molar-refractivity contribution in [2.75, 3.05) is 6.54 Å². The van der Waals surface area contributed by atoms with Gasteiger partial charge in [-0.3, -0.25) is 10.4 Å². The lowest BCUT2D eigenvalue weighted by atomic mass is 10.4. The van der Waals surface area contributed by atoms with Crippen molar-refractivity contribution in [2.45, 2.75) is 13.8 Å². The molecule has 0 saturated carbocycles. The molecule has 0 aromatic carbocycles. The molecule has 0 fully saturated rings. The molecule has 0 amide bonds. The van der Waals surface area contributed by atoms with Crippen LogP contribution in [0.25, 0.3) is 0 Å². The second-order valence-corrected chi connectivity index (χ2v) is 1.87. The Morgan fingerprint density at radius 2 is 2.56 bits per heavy atom. The molecule has 0 aliphatic carbocycles. The Labute approximate surface area is 54.5 Å². The summed E-state index contributed by atoms with van der Waals surface area (Å²) in [4.78, 5) is 0. The molecule has 1 N–H and O–H groups in total. The van der Waals surface area contributed by atoms with E-state index < -0.39 is 0 Å². The van der Waals surface area contributed by atoms with Gasteiger partial charge >= 0.3 is 0 Å². The molecule has 49 valence electrons. The van der Waals surface area contributed by atoms with Gasteiger partial charge in [-0.05, 0) is 13.8 Å². The van der Waals surface area contributed by atoms with E-state index in [1.54, 1.807) is 0 Å². The molecule has 0 saturated heterocycles. The predicted molar refractivity (Wildman–Crippen MR) is 35.7 cm³/mol. The Bertz CT molecular complexity index is 180. The normalized spacial score (nSPS) is 9.56. The molecular formula is C6H10N3. The largest absolute Gasteiger partial charge is 0.283 e. The molecular weight excluding hydrogens is 114 g/mol. The zero-order valence-corrected chi connectivity index (χ0v) is 5.68. The van der Waals surface area contributed by atoms with Crippen molar-refractivity contribution in [3.05, 3.63) is 11.8 Å². The van der Waals surface area contributed by atoms with Crippen molar-refractivity contribution < 1.29 is 0 Å². The lowest BCUT2D eigenvalue weighted by molar-refractivity contribution is 0.866. The molecule has 0 aliphatic heterocycles. The second-order valence-electron chi connectivity index (χ2n) is 1.87. The van der Waals surface area contributed by atoms with E-state index in [-0.39, 0.29) is 0 Å². The third-order valence-corrected chi connectivity index (χ3v) is 1.11. The highest BCUT2D eigenvalue weighted by Gasteiger charge is 1.97. The lowest BCUT2D eigenvalue weighted by Gasteiger charge is -1.91. The highest BCUT2D eigenvalue weighted by atomic mass is 15.2.